The first-order valence-corrected chi connectivity index (χ1v) is 11.7. The van der Waals surface area contributed by atoms with Gasteiger partial charge in [-0.2, -0.15) is 5.10 Å². The highest BCUT2D eigenvalue weighted by molar-refractivity contribution is 7.16. The lowest BCUT2D eigenvalue weighted by atomic mass is 9.80. The Morgan fingerprint density at radius 3 is 2.64 bits per heavy atom. The second kappa shape index (κ2) is 7.20. The van der Waals surface area contributed by atoms with Gasteiger partial charge in [0.05, 0.1) is 28.0 Å². The number of aryl methyl sites for hydroxylation is 1. The van der Waals surface area contributed by atoms with Crippen LogP contribution in [-0.4, -0.2) is 66.1 Å². The number of rotatable bonds is 4. The Bertz CT molecular complexity index is 1210. The van der Waals surface area contributed by atoms with Gasteiger partial charge in [-0.3, -0.25) is 4.90 Å². The molecule has 2 fully saturated rings. The minimum absolute atomic E-state index is 0.0253. The van der Waals surface area contributed by atoms with Crippen molar-refractivity contribution in [2.24, 2.45) is 0 Å². The molecule has 33 heavy (non-hydrogen) atoms. The largest absolute Gasteiger partial charge is 0.507 e. The summed E-state index contributed by atoms with van der Waals surface area (Å²) in [6.07, 6.45) is -0.109. The Labute approximate surface area is 195 Å². The maximum Gasteiger partial charge on any atom is 0.294 e. The molecule has 5 rings (SSSR count). The molecule has 0 saturated carbocycles. The summed E-state index contributed by atoms with van der Waals surface area (Å²) >= 11 is 1.12. The SMILES string of the molecule is Cc1ccn(-c2ccc(-c3nnc(OC4CC5(C)N(C)C(C)(CC5(C)F)C4F)s3)c(O)c2)n1. The number of benzene rings is 1. The summed E-state index contributed by atoms with van der Waals surface area (Å²) in [5.41, 5.74) is -1.27. The molecule has 2 aliphatic rings. The Kier molecular flexibility index (Phi) is 4.85. The molecule has 2 aromatic heterocycles. The molecule has 7 nitrogen and oxygen atoms in total. The van der Waals surface area contributed by atoms with Crippen LogP contribution in [0.25, 0.3) is 16.3 Å². The highest BCUT2D eigenvalue weighted by Gasteiger charge is 2.70. The number of hydrogen-bond acceptors (Lipinski definition) is 7. The minimum Gasteiger partial charge on any atom is -0.507 e. The average molecular weight is 476 g/mol. The number of fused-ring (bicyclic) bond motifs is 2. The van der Waals surface area contributed by atoms with E-state index in [1.165, 1.54) is 0 Å². The van der Waals surface area contributed by atoms with Crippen LogP contribution in [0.3, 0.4) is 0 Å². The summed E-state index contributed by atoms with van der Waals surface area (Å²) in [5, 5.41) is 23.7. The van der Waals surface area contributed by atoms with Crippen molar-refractivity contribution in [2.45, 2.75) is 69.6 Å². The monoisotopic (exact) mass is 475 g/mol. The lowest BCUT2D eigenvalue weighted by molar-refractivity contribution is -0.102. The van der Waals surface area contributed by atoms with Crippen LogP contribution in [0.15, 0.2) is 30.5 Å². The van der Waals surface area contributed by atoms with E-state index in [1.807, 2.05) is 37.1 Å². The van der Waals surface area contributed by atoms with Gasteiger partial charge in [0.2, 0.25) is 0 Å². The molecule has 5 atom stereocenters. The quantitative estimate of drug-likeness (QED) is 0.600. The molecule has 2 aliphatic heterocycles. The fraction of sp³-hybridized carbons (Fsp3) is 0.522. The van der Waals surface area contributed by atoms with Gasteiger partial charge in [0, 0.05) is 25.1 Å². The topological polar surface area (TPSA) is 76.3 Å². The van der Waals surface area contributed by atoms with Crippen LogP contribution in [0.4, 0.5) is 8.78 Å². The van der Waals surface area contributed by atoms with Gasteiger partial charge in [-0.1, -0.05) is 16.4 Å². The van der Waals surface area contributed by atoms with Gasteiger partial charge in [0.15, 0.2) is 11.2 Å². The van der Waals surface area contributed by atoms with E-state index in [-0.39, 0.29) is 23.8 Å². The first-order chi connectivity index (χ1) is 15.4. The Morgan fingerprint density at radius 2 is 1.97 bits per heavy atom. The lowest BCUT2D eigenvalue weighted by Gasteiger charge is -2.51. The van der Waals surface area contributed by atoms with Crippen molar-refractivity contribution in [1.29, 1.82) is 0 Å². The zero-order valence-electron chi connectivity index (χ0n) is 19.2. The predicted octanol–water partition coefficient (Wildman–Crippen LogP) is 4.48. The van der Waals surface area contributed by atoms with Crippen LogP contribution in [0.1, 0.15) is 39.3 Å². The van der Waals surface area contributed by atoms with Crippen LogP contribution in [-0.2, 0) is 0 Å². The summed E-state index contributed by atoms with van der Waals surface area (Å²) < 4.78 is 38.6. The molecule has 176 valence electrons. The molecule has 4 heterocycles. The third-order valence-corrected chi connectivity index (χ3v) is 8.54. The number of phenolic OH excluding ortho intramolecular Hbond substituents is 1. The van der Waals surface area contributed by atoms with Crippen molar-refractivity contribution in [2.75, 3.05) is 7.05 Å². The number of aromatic nitrogens is 4. The van der Waals surface area contributed by atoms with E-state index in [9.17, 15) is 5.11 Å². The van der Waals surface area contributed by atoms with Crippen molar-refractivity contribution in [3.8, 4) is 27.2 Å². The van der Waals surface area contributed by atoms with Crippen molar-refractivity contribution in [1.82, 2.24) is 24.9 Å². The molecular weight excluding hydrogens is 448 g/mol. The van der Waals surface area contributed by atoms with E-state index >= 15 is 8.78 Å². The van der Waals surface area contributed by atoms with Crippen LogP contribution < -0.4 is 4.74 Å². The van der Waals surface area contributed by atoms with E-state index in [0.717, 1.165) is 17.0 Å². The maximum absolute atomic E-state index is 15.5. The smallest absolute Gasteiger partial charge is 0.294 e. The number of nitrogens with zero attached hydrogens (tertiary/aromatic N) is 5. The molecule has 1 N–H and O–H groups in total. The van der Waals surface area contributed by atoms with Crippen LogP contribution >= 0.6 is 11.3 Å². The van der Waals surface area contributed by atoms with Gasteiger partial charge in [0.1, 0.15) is 17.5 Å². The fourth-order valence-corrected chi connectivity index (χ4v) is 6.20. The fourth-order valence-electron chi connectivity index (χ4n) is 5.42. The number of alkyl halides is 2. The normalized spacial score (nSPS) is 34.0. The molecule has 1 aromatic carbocycles. The van der Waals surface area contributed by atoms with Gasteiger partial charge in [-0.25, -0.2) is 13.5 Å². The summed E-state index contributed by atoms with van der Waals surface area (Å²) in [7, 11) is 1.79. The number of aromatic hydroxyl groups is 1. The number of ether oxygens (including phenoxy) is 1. The Morgan fingerprint density at radius 1 is 1.21 bits per heavy atom. The molecule has 3 aromatic rings. The van der Waals surface area contributed by atoms with Crippen LogP contribution in [0, 0.1) is 6.92 Å². The number of hydrogen-bond donors (Lipinski definition) is 1. The Hall–Kier alpha value is -2.59. The van der Waals surface area contributed by atoms with Gasteiger partial charge >= 0.3 is 0 Å². The second-order valence-corrected chi connectivity index (χ2v) is 10.7. The third-order valence-electron chi connectivity index (χ3n) is 7.70. The molecule has 0 amide bonds. The molecule has 5 unspecified atom stereocenters. The molecule has 2 bridgehead atoms. The van der Waals surface area contributed by atoms with E-state index in [0.29, 0.717) is 16.3 Å². The number of phenols is 1. The van der Waals surface area contributed by atoms with E-state index in [4.69, 9.17) is 4.74 Å². The summed E-state index contributed by atoms with van der Waals surface area (Å²) in [5.74, 6) is 0.0253. The molecule has 0 radical (unpaired) electrons. The van der Waals surface area contributed by atoms with Crippen molar-refractivity contribution >= 4 is 11.3 Å². The number of piperidine rings is 1. The van der Waals surface area contributed by atoms with Gasteiger partial charge < -0.3 is 9.84 Å². The molecule has 2 saturated heterocycles. The summed E-state index contributed by atoms with van der Waals surface area (Å²) in [6.45, 7) is 7.01. The Balaban J connectivity index is 1.38. The maximum atomic E-state index is 15.5. The summed E-state index contributed by atoms with van der Waals surface area (Å²) in [6, 6.07) is 7.02. The zero-order valence-corrected chi connectivity index (χ0v) is 20.0. The lowest BCUT2D eigenvalue weighted by Crippen LogP contribution is -2.65. The molecular formula is C23H27F2N5O2S. The zero-order chi connectivity index (χ0) is 23.8. The van der Waals surface area contributed by atoms with Gasteiger partial charge in [-0.05, 0) is 52.9 Å². The van der Waals surface area contributed by atoms with Crippen LogP contribution in [0.5, 0.6) is 10.9 Å². The predicted molar refractivity (Wildman–Crippen MR) is 122 cm³/mol. The number of halogens is 2. The summed E-state index contributed by atoms with van der Waals surface area (Å²) in [4.78, 5) is 1.83. The molecule has 0 spiro atoms. The first kappa shape index (κ1) is 22.2. The van der Waals surface area contributed by atoms with E-state index < -0.39 is 29.0 Å². The highest BCUT2D eigenvalue weighted by atomic mass is 32.1. The van der Waals surface area contributed by atoms with E-state index in [2.05, 4.69) is 15.3 Å². The standard InChI is InChI=1S/C23H27F2N5O2S/c1-13-8-9-30(28-13)14-6-7-15(16(31)10-14)19-26-27-20(33-19)32-17-11-23(4)22(3,25)12-21(2,18(17)24)29(23)5/h6-10,17-18,31H,11-12H2,1-5H3. The van der Waals surface area contributed by atoms with Crippen molar-refractivity contribution in [3.63, 3.8) is 0 Å². The second-order valence-electron chi connectivity index (χ2n) is 9.80. The van der Waals surface area contributed by atoms with Gasteiger partial charge in [0.25, 0.3) is 5.19 Å². The molecule has 0 aliphatic carbocycles. The van der Waals surface area contributed by atoms with E-state index in [1.54, 1.807) is 37.7 Å². The highest BCUT2D eigenvalue weighted by Crippen LogP contribution is 2.57. The van der Waals surface area contributed by atoms with Crippen molar-refractivity contribution < 1.29 is 18.6 Å². The van der Waals surface area contributed by atoms with Gasteiger partial charge in [-0.15, -0.1) is 5.10 Å². The molecule has 10 heteroatoms. The first-order valence-electron chi connectivity index (χ1n) is 10.9. The minimum atomic E-state index is -1.54. The van der Waals surface area contributed by atoms with Crippen LogP contribution in [0.2, 0.25) is 0 Å². The third kappa shape index (κ3) is 3.25. The average Bonchev–Trinajstić information content (AvgIpc) is 3.41. The van der Waals surface area contributed by atoms with Crippen molar-refractivity contribution in [3.05, 3.63) is 36.2 Å².